The summed E-state index contributed by atoms with van der Waals surface area (Å²) >= 11 is 0. The van der Waals surface area contributed by atoms with E-state index in [2.05, 4.69) is 42.4 Å². The summed E-state index contributed by atoms with van der Waals surface area (Å²) in [6.07, 6.45) is 8.38. The number of nitrogens with zero attached hydrogens (tertiary/aromatic N) is 6. The standard InChI is InChI=1S/C23H21N9O2/c1-4-19(33)26-14-6-5-7-16(10-14)34-22-20-17(18-8-9-31(2)30-18)12-24-21(20)28-23(29-22)27-15-11-25-32(3)13-15/h4-13H,1H2,2-3H3,(H,26,33)(H2,24,27,28,29). The summed E-state index contributed by atoms with van der Waals surface area (Å²) in [4.78, 5) is 24.1. The van der Waals surface area contributed by atoms with Gasteiger partial charge in [0, 0.05) is 50.0 Å². The Balaban J connectivity index is 1.58. The zero-order valence-electron chi connectivity index (χ0n) is 18.5. The molecule has 4 heterocycles. The normalized spacial score (nSPS) is 10.9. The number of hydrogen-bond acceptors (Lipinski definition) is 7. The van der Waals surface area contributed by atoms with Crippen LogP contribution in [-0.4, -0.2) is 40.4 Å². The van der Waals surface area contributed by atoms with Crippen molar-refractivity contribution in [2.45, 2.75) is 0 Å². The number of benzene rings is 1. The van der Waals surface area contributed by atoms with E-state index in [-0.39, 0.29) is 5.91 Å². The fourth-order valence-electron chi connectivity index (χ4n) is 3.45. The van der Waals surface area contributed by atoms with Gasteiger partial charge in [0.05, 0.1) is 23.0 Å². The van der Waals surface area contributed by atoms with Crippen LogP contribution in [-0.2, 0) is 18.9 Å². The van der Waals surface area contributed by atoms with Crippen LogP contribution < -0.4 is 15.4 Å². The number of aromatic amines is 1. The van der Waals surface area contributed by atoms with E-state index in [9.17, 15) is 4.79 Å². The quantitative estimate of drug-likeness (QED) is 0.319. The van der Waals surface area contributed by atoms with E-state index in [1.807, 2.05) is 38.8 Å². The molecule has 0 aliphatic carbocycles. The fraction of sp³-hybridized carbons (Fsp3) is 0.0870. The van der Waals surface area contributed by atoms with E-state index in [4.69, 9.17) is 4.74 Å². The number of H-pyrrole nitrogens is 1. The van der Waals surface area contributed by atoms with E-state index in [1.54, 1.807) is 39.8 Å². The predicted molar refractivity (Wildman–Crippen MR) is 128 cm³/mol. The molecule has 0 aliphatic heterocycles. The summed E-state index contributed by atoms with van der Waals surface area (Å²) in [6.45, 7) is 3.48. The van der Waals surface area contributed by atoms with Gasteiger partial charge in [-0.3, -0.25) is 14.2 Å². The first-order valence-electron chi connectivity index (χ1n) is 10.3. The maximum absolute atomic E-state index is 11.7. The first-order valence-corrected chi connectivity index (χ1v) is 10.3. The van der Waals surface area contributed by atoms with E-state index >= 15 is 0 Å². The lowest BCUT2D eigenvalue weighted by atomic mass is 10.2. The highest BCUT2D eigenvalue weighted by Gasteiger charge is 2.19. The SMILES string of the molecule is C=CC(=O)Nc1cccc(Oc2nc(Nc3cnn(C)c3)nc3[nH]cc(-c4ccn(C)n4)c23)c1. The summed E-state index contributed by atoms with van der Waals surface area (Å²) < 4.78 is 9.61. The van der Waals surface area contributed by atoms with Gasteiger partial charge in [0.2, 0.25) is 17.7 Å². The monoisotopic (exact) mass is 455 g/mol. The van der Waals surface area contributed by atoms with Crippen molar-refractivity contribution in [3.63, 3.8) is 0 Å². The van der Waals surface area contributed by atoms with Gasteiger partial charge in [-0.2, -0.15) is 20.2 Å². The Labute approximate surface area is 194 Å². The number of carbonyl (C=O) groups is 1. The topological polar surface area (TPSA) is 128 Å². The van der Waals surface area contributed by atoms with Crippen LogP contribution in [0.25, 0.3) is 22.3 Å². The molecule has 0 spiro atoms. The molecule has 0 fully saturated rings. The van der Waals surface area contributed by atoms with Crippen LogP contribution in [0.2, 0.25) is 0 Å². The van der Waals surface area contributed by atoms with Crippen LogP contribution in [0.5, 0.6) is 11.6 Å². The molecule has 1 aromatic carbocycles. The second kappa shape index (κ2) is 8.54. The lowest BCUT2D eigenvalue weighted by Crippen LogP contribution is -2.07. The van der Waals surface area contributed by atoms with E-state index in [1.165, 1.54) is 6.08 Å². The minimum absolute atomic E-state index is 0.312. The maximum atomic E-state index is 11.7. The summed E-state index contributed by atoms with van der Waals surface area (Å²) in [5.74, 6) is 0.835. The third kappa shape index (κ3) is 4.21. The molecular weight excluding hydrogens is 434 g/mol. The van der Waals surface area contributed by atoms with Gasteiger partial charge < -0.3 is 20.4 Å². The second-order valence-electron chi connectivity index (χ2n) is 7.50. The van der Waals surface area contributed by atoms with E-state index in [0.29, 0.717) is 34.3 Å². The Kier molecular flexibility index (Phi) is 5.26. The van der Waals surface area contributed by atoms with Crippen molar-refractivity contribution < 1.29 is 9.53 Å². The van der Waals surface area contributed by atoms with Crippen LogP contribution in [0.4, 0.5) is 17.3 Å². The molecule has 0 unspecified atom stereocenters. The molecule has 34 heavy (non-hydrogen) atoms. The first-order chi connectivity index (χ1) is 16.5. The van der Waals surface area contributed by atoms with Crippen molar-refractivity contribution >= 4 is 34.3 Å². The molecule has 170 valence electrons. The smallest absolute Gasteiger partial charge is 0.247 e. The zero-order chi connectivity index (χ0) is 23.7. The van der Waals surface area contributed by atoms with Crippen molar-refractivity contribution in [3.8, 4) is 22.9 Å². The molecule has 0 saturated heterocycles. The Morgan fingerprint density at radius 3 is 2.79 bits per heavy atom. The van der Waals surface area contributed by atoms with Crippen LogP contribution in [0.1, 0.15) is 0 Å². The highest BCUT2D eigenvalue weighted by Crippen LogP contribution is 2.36. The number of aromatic nitrogens is 7. The molecular formula is C23H21N9O2. The van der Waals surface area contributed by atoms with Crippen molar-refractivity contribution in [2.24, 2.45) is 14.1 Å². The molecule has 0 aliphatic rings. The second-order valence-corrected chi connectivity index (χ2v) is 7.50. The highest BCUT2D eigenvalue weighted by atomic mass is 16.5. The number of hydrogen-bond donors (Lipinski definition) is 3. The largest absolute Gasteiger partial charge is 0.438 e. The molecule has 1 amide bonds. The van der Waals surface area contributed by atoms with Crippen LogP contribution in [0.3, 0.4) is 0 Å². The summed E-state index contributed by atoms with van der Waals surface area (Å²) in [7, 11) is 3.68. The van der Waals surface area contributed by atoms with Crippen molar-refractivity contribution in [1.29, 1.82) is 0 Å². The van der Waals surface area contributed by atoms with Gasteiger partial charge in [0.25, 0.3) is 0 Å². The number of fused-ring (bicyclic) bond motifs is 1. The number of anilines is 3. The van der Waals surface area contributed by atoms with E-state index in [0.717, 1.165) is 16.9 Å². The molecule has 4 aromatic heterocycles. The van der Waals surface area contributed by atoms with Gasteiger partial charge in [-0.25, -0.2) is 0 Å². The van der Waals surface area contributed by atoms with Crippen LogP contribution >= 0.6 is 0 Å². The minimum atomic E-state index is -0.312. The average Bonchev–Trinajstić information content (AvgIpc) is 3.54. The van der Waals surface area contributed by atoms with Gasteiger partial charge in [-0.05, 0) is 24.3 Å². The minimum Gasteiger partial charge on any atom is -0.438 e. The molecule has 0 saturated carbocycles. The van der Waals surface area contributed by atoms with Crippen molar-refractivity contribution in [2.75, 3.05) is 10.6 Å². The lowest BCUT2D eigenvalue weighted by molar-refractivity contribution is -0.111. The van der Waals surface area contributed by atoms with Crippen LogP contribution in [0.15, 0.2) is 67.8 Å². The molecule has 0 atom stereocenters. The fourth-order valence-corrected chi connectivity index (χ4v) is 3.45. The number of aryl methyl sites for hydroxylation is 2. The highest BCUT2D eigenvalue weighted by molar-refractivity contribution is 5.99. The average molecular weight is 455 g/mol. The maximum Gasteiger partial charge on any atom is 0.247 e. The molecule has 11 heteroatoms. The first kappa shape index (κ1) is 20.9. The molecule has 5 aromatic rings. The van der Waals surface area contributed by atoms with Gasteiger partial charge in [0.1, 0.15) is 11.4 Å². The number of carbonyl (C=O) groups excluding carboxylic acids is 1. The Hall–Kier alpha value is -4.93. The summed E-state index contributed by atoms with van der Waals surface area (Å²) in [6, 6.07) is 8.92. The van der Waals surface area contributed by atoms with E-state index < -0.39 is 0 Å². The third-order valence-corrected chi connectivity index (χ3v) is 4.95. The molecule has 0 radical (unpaired) electrons. The number of ether oxygens (including phenoxy) is 1. The Morgan fingerprint density at radius 1 is 1.18 bits per heavy atom. The van der Waals surface area contributed by atoms with Crippen molar-refractivity contribution in [1.82, 2.24) is 34.5 Å². The van der Waals surface area contributed by atoms with Gasteiger partial charge in [-0.15, -0.1) is 0 Å². The Bertz CT molecular complexity index is 1510. The van der Waals surface area contributed by atoms with Crippen LogP contribution in [0, 0.1) is 0 Å². The zero-order valence-corrected chi connectivity index (χ0v) is 18.5. The summed E-state index contributed by atoms with van der Waals surface area (Å²) in [5, 5.41) is 15.2. The number of nitrogens with one attached hydrogen (secondary N) is 3. The molecule has 3 N–H and O–H groups in total. The van der Waals surface area contributed by atoms with Gasteiger partial charge in [-0.1, -0.05) is 12.6 Å². The number of rotatable bonds is 7. The molecule has 11 nitrogen and oxygen atoms in total. The predicted octanol–water partition coefficient (Wildman–Crippen LogP) is 3.75. The third-order valence-electron chi connectivity index (χ3n) is 4.95. The number of amides is 1. The Morgan fingerprint density at radius 2 is 2.06 bits per heavy atom. The molecule has 5 rings (SSSR count). The molecule has 0 bridgehead atoms. The summed E-state index contributed by atoms with van der Waals surface area (Å²) in [5.41, 5.74) is 3.43. The lowest BCUT2D eigenvalue weighted by Gasteiger charge is -2.11. The van der Waals surface area contributed by atoms with Crippen molar-refractivity contribution in [3.05, 3.63) is 67.8 Å². The van der Waals surface area contributed by atoms with Gasteiger partial charge in [0.15, 0.2) is 0 Å². The van der Waals surface area contributed by atoms with Gasteiger partial charge >= 0.3 is 0 Å².